The maximum Gasteiger partial charge on any atom is 0.408 e. The second kappa shape index (κ2) is 12.9. The second-order valence-corrected chi connectivity index (χ2v) is 9.99. The van der Waals surface area contributed by atoms with Crippen molar-refractivity contribution < 1.29 is 29.0 Å². The molecule has 1 saturated carbocycles. The summed E-state index contributed by atoms with van der Waals surface area (Å²) in [7, 11) is 0. The molecule has 1 aromatic rings. The van der Waals surface area contributed by atoms with Gasteiger partial charge >= 0.3 is 6.09 Å². The van der Waals surface area contributed by atoms with Crippen LogP contribution in [0.4, 0.5) is 4.79 Å². The van der Waals surface area contributed by atoms with Crippen LogP contribution in [0.15, 0.2) is 36.9 Å². The lowest BCUT2D eigenvalue weighted by Gasteiger charge is -2.35. The number of carbonyl (C=O) groups is 4. The highest BCUT2D eigenvalue weighted by Crippen LogP contribution is 2.27. The minimum atomic E-state index is -1.38. The number of alkyl carbamates (subject to hydrolysis) is 1. The first kappa shape index (κ1) is 28.7. The molecule has 4 amide bonds. The third kappa shape index (κ3) is 8.90. The van der Waals surface area contributed by atoms with Gasteiger partial charge in [0, 0.05) is 12.6 Å². The normalized spacial score (nSPS) is 15.8. The summed E-state index contributed by atoms with van der Waals surface area (Å²) in [5.74, 6) is -2.04. The Kier molecular flexibility index (Phi) is 10.3. The molecule has 1 aliphatic carbocycles. The van der Waals surface area contributed by atoms with Crippen LogP contribution < -0.4 is 16.4 Å². The Bertz CT molecular complexity index is 952. The van der Waals surface area contributed by atoms with Gasteiger partial charge in [-0.2, -0.15) is 0 Å². The number of rotatable bonds is 10. The van der Waals surface area contributed by atoms with Crippen molar-refractivity contribution in [2.75, 3.05) is 6.54 Å². The molecule has 2 atom stereocenters. The summed E-state index contributed by atoms with van der Waals surface area (Å²) < 4.78 is 5.24. The summed E-state index contributed by atoms with van der Waals surface area (Å²) in [5.41, 5.74) is 4.90. The smallest absolute Gasteiger partial charge is 0.408 e. The summed E-state index contributed by atoms with van der Waals surface area (Å²) in [6.07, 6.45) is 4.81. The number of hydrogen-bond donors (Lipinski definition) is 4. The van der Waals surface area contributed by atoms with Crippen molar-refractivity contribution in [1.82, 2.24) is 15.5 Å². The molecule has 10 heteroatoms. The van der Waals surface area contributed by atoms with E-state index in [1.165, 1.54) is 23.1 Å². The van der Waals surface area contributed by atoms with E-state index in [1.807, 2.05) is 0 Å². The van der Waals surface area contributed by atoms with Crippen LogP contribution in [0.5, 0.6) is 5.75 Å². The number of nitrogens with zero attached hydrogens (tertiary/aromatic N) is 1. The van der Waals surface area contributed by atoms with E-state index in [4.69, 9.17) is 10.5 Å². The molecule has 1 aromatic carbocycles. The van der Waals surface area contributed by atoms with E-state index in [0.29, 0.717) is 5.56 Å². The molecule has 36 heavy (non-hydrogen) atoms. The van der Waals surface area contributed by atoms with Crippen molar-refractivity contribution in [1.29, 1.82) is 0 Å². The molecule has 0 saturated heterocycles. The van der Waals surface area contributed by atoms with Gasteiger partial charge in [0.2, 0.25) is 17.7 Å². The number of ether oxygens (including phenoxy) is 1. The van der Waals surface area contributed by atoms with Gasteiger partial charge in [0.1, 0.15) is 23.4 Å². The van der Waals surface area contributed by atoms with Crippen LogP contribution in [0.3, 0.4) is 0 Å². The van der Waals surface area contributed by atoms with Crippen molar-refractivity contribution >= 4 is 23.8 Å². The van der Waals surface area contributed by atoms with Gasteiger partial charge in [-0.25, -0.2) is 4.79 Å². The Morgan fingerprint density at radius 1 is 1.22 bits per heavy atom. The molecule has 2 unspecified atom stereocenters. The number of nitrogens with one attached hydrogen (secondary N) is 2. The minimum absolute atomic E-state index is 0.0342. The highest BCUT2D eigenvalue weighted by molar-refractivity contribution is 5.94. The highest BCUT2D eigenvalue weighted by Gasteiger charge is 2.37. The van der Waals surface area contributed by atoms with Gasteiger partial charge in [-0.05, 0) is 51.3 Å². The number of primary amides is 1. The summed E-state index contributed by atoms with van der Waals surface area (Å²) in [6, 6.07) is 3.49. The van der Waals surface area contributed by atoms with Gasteiger partial charge in [-0.3, -0.25) is 14.4 Å². The molecular weight excluding hydrogens is 464 g/mol. The maximum absolute atomic E-state index is 13.7. The van der Waals surface area contributed by atoms with E-state index in [9.17, 15) is 24.3 Å². The van der Waals surface area contributed by atoms with Gasteiger partial charge < -0.3 is 31.1 Å². The number of aromatic hydroxyl groups is 1. The van der Waals surface area contributed by atoms with Crippen molar-refractivity contribution in [3.05, 3.63) is 42.5 Å². The fraction of sp³-hybridized carbons (Fsp3) is 0.538. The van der Waals surface area contributed by atoms with E-state index in [0.717, 1.165) is 32.1 Å². The molecule has 1 fully saturated rings. The summed E-state index contributed by atoms with van der Waals surface area (Å²) in [4.78, 5) is 52.7. The predicted molar refractivity (Wildman–Crippen MR) is 135 cm³/mol. The number of benzene rings is 1. The van der Waals surface area contributed by atoms with Crippen molar-refractivity contribution in [2.24, 2.45) is 5.73 Å². The molecule has 0 aromatic heterocycles. The molecular formula is C26H38N4O6. The number of hydrogen-bond acceptors (Lipinski definition) is 6. The zero-order valence-corrected chi connectivity index (χ0v) is 21.3. The molecule has 0 spiro atoms. The Hall–Kier alpha value is -3.56. The molecule has 198 valence electrons. The van der Waals surface area contributed by atoms with Crippen LogP contribution >= 0.6 is 0 Å². The molecule has 0 bridgehead atoms. The lowest BCUT2D eigenvalue weighted by molar-refractivity contribution is -0.143. The average Bonchev–Trinajstić information content (AvgIpc) is 2.77. The van der Waals surface area contributed by atoms with Crippen LogP contribution in [0, 0.1) is 0 Å². The quantitative estimate of drug-likeness (QED) is 0.361. The number of phenols is 1. The summed E-state index contributed by atoms with van der Waals surface area (Å²) in [5, 5.41) is 15.5. The molecule has 0 radical (unpaired) electrons. The Morgan fingerprint density at radius 3 is 2.44 bits per heavy atom. The SMILES string of the molecule is C=CCN(C(=O)C(CC(N)=O)NC(=O)OC(C)(C)C)C(C(=O)NC1CCCCC1)c1cccc(O)c1. The monoisotopic (exact) mass is 502 g/mol. The first-order chi connectivity index (χ1) is 16.9. The van der Waals surface area contributed by atoms with Crippen molar-refractivity contribution in [3.63, 3.8) is 0 Å². The number of carbonyl (C=O) groups excluding carboxylic acids is 4. The standard InChI is InChI=1S/C26H38N4O6/c1-5-14-30(24(34)20(16-21(27)32)29-25(35)36-26(2,3)4)22(17-10-9-13-19(31)15-17)23(33)28-18-11-7-6-8-12-18/h5,9-10,13,15,18,20,22,31H,1,6-8,11-12,14,16H2,2-4H3,(H2,27,32)(H,28,33)(H,29,35). The zero-order valence-electron chi connectivity index (χ0n) is 21.3. The fourth-order valence-electron chi connectivity index (χ4n) is 4.21. The Labute approximate surface area is 212 Å². The van der Waals surface area contributed by atoms with E-state index < -0.39 is 47.9 Å². The van der Waals surface area contributed by atoms with Crippen LogP contribution in [0.2, 0.25) is 0 Å². The topological polar surface area (TPSA) is 151 Å². The zero-order chi connectivity index (χ0) is 26.9. The van der Waals surface area contributed by atoms with E-state index in [2.05, 4.69) is 17.2 Å². The molecule has 0 heterocycles. The number of phenolic OH excluding ortho intramolecular Hbond substituents is 1. The van der Waals surface area contributed by atoms with Crippen LogP contribution in [0.25, 0.3) is 0 Å². The summed E-state index contributed by atoms with van der Waals surface area (Å²) >= 11 is 0. The molecule has 5 N–H and O–H groups in total. The Balaban J connectivity index is 2.43. The largest absolute Gasteiger partial charge is 0.508 e. The van der Waals surface area contributed by atoms with E-state index in [-0.39, 0.29) is 18.3 Å². The van der Waals surface area contributed by atoms with Gasteiger partial charge in [0.15, 0.2) is 0 Å². The predicted octanol–water partition coefficient (Wildman–Crippen LogP) is 2.67. The van der Waals surface area contributed by atoms with Crippen LogP contribution in [0.1, 0.15) is 70.9 Å². The molecule has 0 aliphatic heterocycles. The van der Waals surface area contributed by atoms with Crippen molar-refractivity contribution in [2.45, 2.75) is 83.0 Å². The average molecular weight is 503 g/mol. The third-order valence-electron chi connectivity index (χ3n) is 5.70. The number of amides is 4. The molecule has 1 aliphatic rings. The summed E-state index contributed by atoms with van der Waals surface area (Å²) in [6.45, 7) is 8.62. The van der Waals surface area contributed by atoms with Crippen LogP contribution in [-0.4, -0.2) is 58.1 Å². The lowest BCUT2D eigenvalue weighted by atomic mass is 9.94. The first-order valence-corrected chi connectivity index (χ1v) is 12.2. The van der Waals surface area contributed by atoms with E-state index in [1.54, 1.807) is 32.9 Å². The van der Waals surface area contributed by atoms with Gasteiger partial charge in [0.05, 0.1) is 6.42 Å². The first-order valence-electron chi connectivity index (χ1n) is 12.2. The molecule has 10 nitrogen and oxygen atoms in total. The number of nitrogens with two attached hydrogens (primary N) is 1. The molecule has 2 rings (SSSR count). The Morgan fingerprint density at radius 2 is 1.89 bits per heavy atom. The van der Waals surface area contributed by atoms with Gasteiger partial charge in [-0.1, -0.05) is 37.5 Å². The van der Waals surface area contributed by atoms with Gasteiger partial charge in [-0.15, -0.1) is 6.58 Å². The van der Waals surface area contributed by atoms with Gasteiger partial charge in [0.25, 0.3) is 0 Å². The van der Waals surface area contributed by atoms with Crippen LogP contribution in [-0.2, 0) is 19.1 Å². The third-order valence-corrected chi connectivity index (χ3v) is 5.70. The van der Waals surface area contributed by atoms with E-state index >= 15 is 0 Å². The fourth-order valence-corrected chi connectivity index (χ4v) is 4.21. The minimum Gasteiger partial charge on any atom is -0.508 e. The highest BCUT2D eigenvalue weighted by atomic mass is 16.6. The second-order valence-electron chi connectivity index (χ2n) is 9.99. The van der Waals surface area contributed by atoms with Crippen molar-refractivity contribution in [3.8, 4) is 5.75 Å². The maximum atomic E-state index is 13.7. The lowest BCUT2D eigenvalue weighted by Crippen LogP contribution is -2.54.